The van der Waals surface area contributed by atoms with Crippen molar-refractivity contribution in [2.45, 2.75) is 65.2 Å². The molecule has 0 bridgehead atoms. The number of aryl methyl sites for hydroxylation is 2. The molecule has 220 valence electrons. The van der Waals surface area contributed by atoms with Gasteiger partial charge in [0.1, 0.15) is 22.9 Å². The average molecular weight is 576 g/mol. The molecule has 0 saturated heterocycles. The number of nitrogen functional groups attached to an aromatic ring is 1. The van der Waals surface area contributed by atoms with Crippen LogP contribution in [-0.4, -0.2) is 37.1 Å². The maximum absolute atomic E-state index is 14.2. The van der Waals surface area contributed by atoms with Crippen molar-refractivity contribution in [3.63, 3.8) is 0 Å². The Hall–Kier alpha value is -4.49. The fourth-order valence-corrected chi connectivity index (χ4v) is 4.67. The zero-order valence-corrected chi connectivity index (χ0v) is 24.8. The highest BCUT2D eigenvalue weighted by Gasteiger charge is 2.27. The van der Waals surface area contributed by atoms with E-state index in [1.54, 1.807) is 58.5 Å². The summed E-state index contributed by atoms with van der Waals surface area (Å²) in [7, 11) is 1.78. The summed E-state index contributed by atoms with van der Waals surface area (Å²) in [6.07, 6.45) is -1.91. The number of rotatable bonds is 5. The number of hydrogen-bond acceptors (Lipinski definition) is 6. The molecule has 2 aromatic heterocycles. The molecule has 0 aliphatic heterocycles. The minimum Gasteiger partial charge on any atom is -0.439 e. The molecule has 42 heavy (non-hydrogen) atoms. The molecule has 0 aliphatic carbocycles. The molecular weight excluding hydrogens is 540 g/mol. The lowest BCUT2D eigenvalue weighted by Gasteiger charge is -2.25. The number of benzene rings is 2. The van der Waals surface area contributed by atoms with Crippen LogP contribution in [0.5, 0.6) is 0 Å². The van der Waals surface area contributed by atoms with E-state index in [1.807, 2.05) is 19.1 Å². The number of nitrogens with two attached hydrogens (primary N) is 1. The second kappa shape index (κ2) is 11.4. The highest BCUT2D eigenvalue weighted by molar-refractivity contribution is 6.02. The molecular formula is C32H35F2N5O3. The van der Waals surface area contributed by atoms with Crippen molar-refractivity contribution in [3.8, 4) is 23.0 Å². The quantitative estimate of drug-likeness (QED) is 0.262. The van der Waals surface area contributed by atoms with Crippen molar-refractivity contribution >= 4 is 22.8 Å². The van der Waals surface area contributed by atoms with E-state index in [4.69, 9.17) is 15.5 Å². The third kappa shape index (κ3) is 7.22. The summed E-state index contributed by atoms with van der Waals surface area (Å²) in [5.41, 5.74) is 8.18. The number of pyridine rings is 1. The third-order valence-corrected chi connectivity index (χ3v) is 6.31. The van der Waals surface area contributed by atoms with Crippen LogP contribution in [0.4, 0.5) is 19.4 Å². The Balaban J connectivity index is 1.98. The van der Waals surface area contributed by atoms with Crippen molar-refractivity contribution in [1.29, 1.82) is 0 Å². The lowest BCUT2D eigenvalue weighted by molar-refractivity contribution is 0.0891. The van der Waals surface area contributed by atoms with E-state index in [9.17, 15) is 18.7 Å². The highest BCUT2D eigenvalue weighted by atomic mass is 19.1. The first-order valence-electron chi connectivity index (χ1n) is 13.4. The van der Waals surface area contributed by atoms with E-state index in [1.165, 1.54) is 12.1 Å². The van der Waals surface area contributed by atoms with Gasteiger partial charge in [-0.3, -0.25) is 4.68 Å². The number of hydrogen-bond donors (Lipinski definition) is 3. The van der Waals surface area contributed by atoms with Gasteiger partial charge >= 0.3 is 6.09 Å². The Morgan fingerprint density at radius 2 is 1.74 bits per heavy atom. The number of carbonyl (C=O) groups is 1. The van der Waals surface area contributed by atoms with Gasteiger partial charge in [0.2, 0.25) is 0 Å². The van der Waals surface area contributed by atoms with Gasteiger partial charge in [-0.15, -0.1) is 0 Å². The third-order valence-electron chi connectivity index (χ3n) is 6.31. The summed E-state index contributed by atoms with van der Waals surface area (Å²) < 4.78 is 36.0. The Labute approximate surface area is 243 Å². The predicted octanol–water partition coefficient (Wildman–Crippen LogP) is 5.74. The Bertz CT molecular complexity index is 1700. The number of nitrogens with zero attached hydrogens (tertiary/aromatic N) is 3. The fraction of sp³-hybridized carbons (Fsp3) is 0.344. The van der Waals surface area contributed by atoms with E-state index < -0.39 is 35.0 Å². The van der Waals surface area contributed by atoms with Gasteiger partial charge < -0.3 is 20.9 Å². The van der Waals surface area contributed by atoms with Crippen LogP contribution in [0.1, 0.15) is 63.2 Å². The summed E-state index contributed by atoms with van der Waals surface area (Å²) >= 11 is 0. The van der Waals surface area contributed by atoms with Gasteiger partial charge in [0.15, 0.2) is 11.9 Å². The number of ether oxygens (including phenoxy) is 1. The molecule has 0 radical (unpaired) electrons. The first kappa shape index (κ1) is 30.5. The molecule has 4 aromatic rings. The van der Waals surface area contributed by atoms with Crippen molar-refractivity contribution in [1.82, 2.24) is 20.1 Å². The molecule has 1 amide bonds. The number of aromatic nitrogens is 3. The van der Waals surface area contributed by atoms with Crippen LogP contribution in [0.15, 0.2) is 42.5 Å². The number of halogens is 2. The van der Waals surface area contributed by atoms with Crippen molar-refractivity contribution < 1.29 is 23.4 Å². The number of nitrogens with one attached hydrogen (secondary N) is 1. The molecule has 0 saturated carbocycles. The largest absolute Gasteiger partial charge is 0.439 e. The number of aliphatic hydroxyl groups is 1. The maximum Gasteiger partial charge on any atom is 0.408 e. The van der Waals surface area contributed by atoms with Crippen LogP contribution in [0.3, 0.4) is 0 Å². The molecule has 0 fully saturated rings. The average Bonchev–Trinajstić information content (AvgIpc) is 3.15. The van der Waals surface area contributed by atoms with Gasteiger partial charge in [0.25, 0.3) is 0 Å². The molecule has 4 rings (SSSR count). The van der Waals surface area contributed by atoms with E-state index in [0.717, 1.165) is 22.5 Å². The van der Waals surface area contributed by atoms with Gasteiger partial charge in [-0.1, -0.05) is 18.1 Å². The van der Waals surface area contributed by atoms with Gasteiger partial charge in [-0.25, -0.2) is 18.6 Å². The first-order valence-corrected chi connectivity index (χ1v) is 13.4. The highest BCUT2D eigenvalue weighted by Crippen LogP contribution is 2.38. The first-order chi connectivity index (χ1) is 19.5. The maximum atomic E-state index is 14.2. The summed E-state index contributed by atoms with van der Waals surface area (Å²) in [5.74, 6) is 4.46. The monoisotopic (exact) mass is 575 g/mol. The molecule has 0 unspecified atom stereocenters. The van der Waals surface area contributed by atoms with Gasteiger partial charge in [-0.2, -0.15) is 5.10 Å². The van der Waals surface area contributed by atoms with Gasteiger partial charge in [-0.05, 0) is 82.9 Å². The van der Waals surface area contributed by atoms with Crippen molar-refractivity contribution in [2.75, 3.05) is 5.73 Å². The SMILES string of the molecule is Cc1ccc(-c2ccc(C#CC(C)(C)O)nc2[C@H](Cc2cc(F)cc(F)c2)OC(=O)NC(C)(C)C)c2c1c(N)nn2C. The lowest BCUT2D eigenvalue weighted by Crippen LogP contribution is -2.41. The Kier molecular flexibility index (Phi) is 8.28. The number of alkyl carbamates (subject to hydrolysis) is 1. The minimum atomic E-state index is -1.28. The van der Waals surface area contributed by atoms with Crippen LogP contribution in [0.2, 0.25) is 0 Å². The zero-order valence-electron chi connectivity index (χ0n) is 24.8. The molecule has 10 heteroatoms. The Morgan fingerprint density at radius 3 is 2.36 bits per heavy atom. The standard InChI is InChI=1S/C32H35F2N5O3/c1-18-8-10-24(28-26(18)29(35)38-39(28)7)23-11-9-22(12-13-32(5,6)41)36-27(23)25(42-30(40)37-31(2,3)4)16-19-14-20(33)17-21(34)15-19/h8-11,14-15,17,25,41H,16H2,1-7H3,(H2,35,38)(H,37,40)/t25-/m0/s1. The van der Waals surface area contributed by atoms with Crippen LogP contribution in [0.25, 0.3) is 22.0 Å². The lowest BCUT2D eigenvalue weighted by atomic mass is 9.94. The predicted molar refractivity (Wildman–Crippen MR) is 158 cm³/mol. The van der Waals surface area contributed by atoms with E-state index in [0.29, 0.717) is 28.3 Å². The van der Waals surface area contributed by atoms with Crippen LogP contribution in [-0.2, 0) is 18.2 Å². The van der Waals surface area contributed by atoms with Crippen LogP contribution >= 0.6 is 0 Å². The number of anilines is 1. The molecule has 2 heterocycles. The smallest absolute Gasteiger partial charge is 0.408 e. The topological polar surface area (TPSA) is 115 Å². The fourth-order valence-electron chi connectivity index (χ4n) is 4.67. The Morgan fingerprint density at radius 1 is 1.10 bits per heavy atom. The van der Waals surface area contributed by atoms with Crippen molar-refractivity contribution in [2.24, 2.45) is 7.05 Å². The molecule has 8 nitrogen and oxygen atoms in total. The number of amides is 1. The molecule has 0 aliphatic rings. The zero-order chi connectivity index (χ0) is 31.0. The number of fused-ring (bicyclic) bond motifs is 1. The second-order valence-corrected chi connectivity index (χ2v) is 11.9. The molecule has 1 atom stereocenters. The van der Waals surface area contributed by atoms with Crippen molar-refractivity contribution in [3.05, 3.63) is 76.6 Å². The molecule has 0 spiro atoms. The van der Waals surface area contributed by atoms with Crippen LogP contribution in [0, 0.1) is 30.4 Å². The summed E-state index contributed by atoms with van der Waals surface area (Å²) in [6, 6.07) is 10.4. The van der Waals surface area contributed by atoms with Crippen LogP contribution < -0.4 is 11.1 Å². The summed E-state index contributed by atoms with van der Waals surface area (Å²) in [4.78, 5) is 17.8. The second-order valence-electron chi connectivity index (χ2n) is 11.9. The number of carbonyl (C=O) groups excluding carboxylic acids is 1. The molecule has 4 N–H and O–H groups in total. The van der Waals surface area contributed by atoms with E-state index in [-0.39, 0.29) is 12.0 Å². The van der Waals surface area contributed by atoms with Gasteiger partial charge in [0, 0.05) is 41.6 Å². The summed E-state index contributed by atoms with van der Waals surface area (Å²) in [5, 5.41) is 18.1. The molecule has 2 aromatic carbocycles. The van der Waals surface area contributed by atoms with E-state index in [2.05, 4.69) is 22.3 Å². The normalized spacial score (nSPS) is 12.5. The van der Waals surface area contributed by atoms with E-state index >= 15 is 0 Å². The summed E-state index contributed by atoms with van der Waals surface area (Å²) in [6.45, 7) is 10.4. The minimum absolute atomic E-state index is 0.0862. The van der Waals surface area contributed by atoms with Gasteiger partial charge in [0.05, 0.1) is 11.2 Å².